The zero-order valence-electron chi connectivity index (χ0n) is 9.99. The Kier molecular flexibility index (Phi) is 5.20. The minimum atomic E-state index is -1.62. The molecule has 0 fully saturated rings. The van der Waals surface area contributed by atoms with E-state index in [-0.39, 0.29) is 12.8 Å². The van der Waals surface area contributed by atoms with Crippen molar-refractivity contribution < 1.29 is 22.3 Å². The standard InChI is InChI=1S/C13H9F4NO/c1-19-13-11(16)9(14)8(10(15)12(13)17)6-4-2-3-5-7-18/h2-3,5H2,1H3. The highest BCUT2D eigenvalue weighted by molar-refractivity contribution is 5.43. The van der Waals surface area contributed by atoms with Crippen LogP contribution in [0.2, 0.25) is 0 Å². The molecule has 0 bridgehead atoms. The number of rotatable bonds is 3. The normalized spacial score (nSPS) is 9.47. The first-order valence-electron chi connectivity index (χ1n) is 5.30. The zero-order valence-corrected chi connectivity index (χ0v) is 9.99. The maximum Gasteiger partial charge on any atom is 0.205 e. The van der Waals surface area contributed by atoms with Gasteiger partial charge in [0.05, 0.1) is 13.2 Å². The van der Waals surface area contributed by atoms with E-state index in [4.69, 9.17) is 5.26 Å². The number of nitriles is 1. The molecule has 6 heteroatoms. The van der Waals surface area contributed by atoms with Gasteiger partial charge in [0.25, 0.3) is 0 Å². The molecule has 0 atom stereocenters. The van der Waals surface area contributed by atoms with Crippen molar-refractivity contribution in [3.8, 4) is 23.7 Å². The number of nitrogens with zero attached hydrogens (tertiary/aromatic N) is 1. The maximum absolute atomic E-state index is 13.4. The smallest absolute Gasteiger partial charge is 0.205 e. The van der Waals surface area contributed by atoms with Gasteiger partial charge in [-0.25, -0.2) is 8.78 Å². The fourth-order valence-electron chi connectivity index (χ4n) is 1.31. The van der Waals surface area contributed by atoms with Gasteiger partial charge in [0.15, 0.2) is 17.4 Å². The molecule has 2 nitrogen and oxygen atoms in total. The fourth-order valence-corrected chi connectivity index (χ4v) is 1.31. The number of halogens is 4. The molecule has 0 amide bonds. The third-order valence-electron chi connectivity index (χ3n) is 2.23. The van der Waals surface area contributed by atoms with Gasteiger partial charge < -0.3 is 4.74 Å². The summed E-state index contributed by atoms with van der Waals surface area (Å²) in [5.74, 6) is -3.17. The van der Waals surface area contributed by atoms with Gasteiger partial charge in [-0.1, -0.05) is 11.8 Å². The SMILES string of the molecule is COc1c(F)c(F)c(C#CCCCC#N)c(F)c1F. The van der Waals surface area contributed by atoms with Crippen LogP contribution in [0.15, 0.2) is 0 Å². The van der Waals surface area contributed by atoms with Gasteiger partial charge in [0, 0.05) is 12.8 Å². The summed E-state index contributed by atoms with van der Waals surface area (Å²) in [4.78, 5) is 0. The van der Waals surface area contributed by atoms with Crippen molar-refractivity contribution in [1.29, 1.82) is 5.26 Å². The van der Waals surface area contributed by atoms with Crippen molar-refractivity contribution in [3.63, 3.8) is 0 Å². The van der Waals surface area contributed by atoms with Gasteiger partial charge >= 0.3 is 0 Å². The highest BCUT2D eigenvalue weighted by atomic mass is 19.2. The number of hydrogen-bond acceptors (Lipinski definition) is 2. The van der Waals surface area contributed by atoms with E-state index in [2.05, 4.69) is 10.7 Å². The number of benzene rings is 1. The Labute approximate surface area is 107 Å². The third-order valence-corrected chi connectivity index (χ3v) is 2.23. The van der Waals surface area contributed by atoms with Crippen LogP contribution in [0.25, 0.3) is 0 Å². The maximum atomic E-state index is 13.4. The first-order valence-corrected chi connectivity index (χ1v) is 5.30. The Balaban J connectivity index is 3.13. The van der Waals surface area contributed by atoms with Gasteiger partial charge in [0.2, 0.25) is 11.6 Å². The van der Waals surface area contributed by atoms with E-state index >= 15 is 0 Å². The molecule has 0 aliphatic rings. The van der Waals surface area contributed by atoms with E-state index in [1.165, 1.54) is 0 Å². The second kappa shape index (κ2) is 6.65. The van der Waals surface area contributed by atoms with E-state index in [1.54, 1.807) is 0 Å². The average molecular weight is 271 g/mol. The highest BCUT2D eigenvalue weighted by Crippen LogP contribution is 2.29. The first kappa shape index (κ1) is 14.8. The Morgan fingerprint density at radius 2 is 1.58 bits per heavy atom. The van der Waals surface area contributed by atoms with Crippen LogP contribution in [-0.2, 0) is 0 Å². The van der Waals surface area contributed by atoms with Crippen LogP contribution < -0.4 is 4.74 Å². The predicted octanol–water partition coefficient (Wildman–Crippen LogP) is 3.30. The highest BCUT2D eigenvalue weighted by Gasteiger charge is 2.25. The third kappa shape index (κ3) is 3.17. The lowest BCUT2D eigenvalue weighted by atomic mass is 10.1. The van der Waals surface area contributed by atoms with Crippen molar-refractivity contribution >= 4 is 0 Å². The van der Waals surface area contributed by atoms with Gasteiger partial charge in [-0.2, -0.15) is 14.0 Å². The van der Waals surface area contributed by atoms with E-state index in [0.29, 0.717) is 6.42 Å². The Morgan fingerprint density at radius 3 is 2.05 bits per heavy atom. The first-order chi connectivity index (χ1) is 9.04. The molecule has 1 aromatic carbocycles. The Bertz CT molecular complexity index is 552. The molecule has 0 radical (unpaired) electrons. The number of ether oxygens (including phenoxy) is 1. The molecule has 0 aliphatic heterocycles. The summed E-state index contributed by atoms with van der Waals surface area (Å²) in [6.45, 7) is 0. The molecular formula is C13H9F4NO. The number of hydrogen-bond donors (Lipinski definition) is 0. The van der Waals surface area contributed by atoms with Crippen molar-refractivity contribution in [3.05, 3.63) is 28.8 Å². The van der Waals surface area contributed by atoms with Crippen LogP contribution in [0.3, 0.4) is 0 Å². The molecule has 100 valence electrons. The van der Waals surface area contributed by atoms with Crippen LogP contribution in [0.5, 0.6) is 5.75 Å². The number of methoxy groups -OCH3 is 1. The summed E-state index contributed by atoms with van der Waals surface area (Å²) in [5.41, 5.74) is -0.979. The minimum absolute atomic E-state index is 0.196. The monoisotopic (exact) mass is 271 g/mol. The molecule has 0 saturated heterocycles. The van der Waals surface area contributed by atoms with Crippen LogP contribution in [0.4, 0.5) is 17.6 Å². The second-order valence-electron chi connectivity index (χ2n) is 3.48. The quantitative estimate of drug-likeness (QED) is 0.366. The lowest BCUT2D eigenvalue weighted by Gasteiger charge is -2.07. The molecule has 0 N–H and O–H groups in total. The predicted molar refractivity (Wildman–Crippen MR) is 59.2 cm³/mol. The van der Waals surface area contributed by atoms with E-state index in [9.17, 15) is 17.6 Å². The van der Waals surface area contributed by atoms with E-state index in [1.807, 2.05) is 12.0 Å². The van der Waals surface area contributed by atoms with Crippen molar-refractivity contribution in [2.75, 3.05) is 7.11 Å². The fraction of sp³-hybridized carbons (Fsp3) is 0.308. The molecule has 0 saturated carbocycles. The summed E-state index contributed by atoms with van der Waals surface area (Å²) in [7, 11) is 0.896. The number of unbranched alkanes of at least 4 members (excludes halogenated alkanes) is 2. The molecule has 0 unspecified atom stereocenters. The van der Waals surface area contributed by atoms with Crippen LogP contribution in [0, 0.1) is 46.4 Å². The lowest BCUT2D eigenvalue weighted by molar-refractivity contribution is 0.331. The van der Waals surface area contributed by atoms with Gasteiger partial charge in [-0.15, -0.1) is 0 Å². The lowest BCUT2D eigenvalue weighted by Crippen LogP contribution is -2.04. The van der Waals surface area contributed by atoms with E-state index in [0.717, 1.165) is 7.11 Å². The Morgan fingerprint density at radius 1 is 1.00 bits per heavy atom. The van der Waals surface area contributed by atoms with E-state index < -0.39 is 34.6 Å². The van der Waals surface area contributed by atoms with Gasteiger partial charge in [-0.3, -0.25) is 0 Å². The molecule has 0 heterocycles. The molecular weight excluding hydrogens is 262 g/mol. The summed E-state index contributed by atoms with van der Waals surface area (Å²) in [6.07, 6.45) is 0.848. The van der Waals surface area contributed by atoms with Crippen LogP contribution in [0.1, 0.15) is 24.8 Å². The molecule has 0 aliphatic carbocycles. The topological polar surface area (TPSA) is 33.0 Å². The van der Waals surface area contributed by atoms with Crippen LogP contribution in [-0.4, -0.2) is 7.11 Å². The van der Waals surface area contributed by atoms with Crippen molar-refractivity contribution in [2.45, 2.75) is 19.3 Å². The minimum Gasteiger partial charge on any atom is -0.491 e. The summed E-state index contributed by atoms with van der Waals surface area (Å²) >= 11 is 0. The zero-order chi connectivity index (χ0) is 14.4. The summed E-state index contributed by atoms with van der Waals surface area (Å²) in [5, 5.41) is 8.27. The van der Waals surface area contributed by atoms with Gasteiger partial charge in [-0.05, 0) is 6.42 Å². The van der Waals surface area contributed by atoms with Gasteiger partial charge in [0.1, 0.15) is 5.56 Å². The van der Waals surface area contributed by atoms with Crippen LogP contribution >= 0.6 is 0 Å². The van der Waals surface area contributed by atoms with Crippen molar-refractivity contribution in [1.82, 2.24) is 0 Å². The molecule has 1 aromatic rings. The summed E-state index contributed by atoms with van der Waals surface area (Å²) < 4.78 is 57.8. The largest absolute Gasteiger partial charge is 0.491 e. The second-order valence-corrected chi connectivity index (χ2v) is 3.48. The summed E-state index contributed by atoms with van der Waals surface area (Å²) in [6, 6.07) is 1.87. The molecule has 1 rings (SSSR count). The average Bonchev–Trinajstić information content (AvgIpc) is 2.40. The molecule has 19 heavy (non-hydrogen) atoms. The molecule has 0 aromatic heterocycles. The molecule has 0 spiro atoms. The Hall–Kier alpha value is -2.21. The van der Waals surface area contributed by atoms with Crippen molar-refractivity contribution in [2.24, 2.45) is 0 Å².